The number of rotatable bonds is 8. The lowest BCUT2D eigenvalue weighted by Crippen LogP contribution is -1.96. The van der Waals surface area contributed by atoms with Gasteiger partial charge in [-0.3, -0.25) is 0 Å². The van der Waals surface area contributed by atoms with Crippen LogP contribution >= 0.6 is 38.9 Å². The van der Waals surface area contributed by atoms with E-state index in [0.717, 1.165) is 36.0 Å². The third-order valence-electron chi connectivity index (χ3n) is 2.85. The van der Waals surface area contributed by atoms with Crippen molar-refractivity contribution in [3.05, 3.63) is 50.4 Å². The number of aromatic nitrogens is 1. The molecule has 0 saturated heterocycles. The molecule has 0 fully saturated rings. The highest BCUT2D eigenvalue weighted by atomic mass is 79.9. The van der Waals surface area contributed by atoms with Crippen LogP contribution < -0.4 is 0 Å². The standard InChI is InChI=1S/C15H17BrClNOS/c16-13-6-4-12(5-7-13)10-19-8-2-1-3-15-18-14(9-17)11-20-15/h4-7,11H,1-3,8-10H2. The van der Waals surface area contributed by atoms with E-state index in [1.165, 1.54) is 10.6 Å². The van der Waals surface area contributed by atoms with Gasteiger partial charge in [0, 0.05) is 16.5 Å². The first-order chi connectivity index (χ1) is 9.78. The van der Waals surface area contributed by atoms with Crippen molar-refractivity contribution in [2.45, 2.75) is 31.7 Å². The average Bonchev–Trinajstić information content (AvgIpc) is 2.92. The Balaban J connectivity index is 1.56. The Morgan fingerprint density at radius 3 is 2.70 bits per heavy atom. The molecule has 0 atom stereocenters. The maximum absolute atomic E-state index is 5.73. The lowest BCUT2D eigenvalue weighted by molar-refractivity contribution is 0.117. The van der Waals surface area contributed by atoms with Crippen molar-refractivity contribution < 1.29 is 4.74 Å². The highest BCUT2D eigenvalue weighted by Crippen LogP contribution is 2.14. The number of benzene rings is 1. The molecule has 20 heavy (non-hydrogen) atoms. The summed E-state index contributed by atoms with van der Waals surface area (Å²) in [6.45, 7) is 1.48. The van der Waals surface area contributed by atoms with Crippen LogP contribution in [0, 0.1) is 0 Å². The van der Waals surface area contributed by atoms with Gasteiger partial charge in [0.05, 0.1) is 23.2 Å². The summed E-state index contributed by atoms with van der Waals surface area (Å²) in [5, 5.41) is 3.21. The quantitative estimate of drug-likeness (QED) is 0.469. The zero-order valence-electron chi connectivity index (χ0n) is 11.1. The molecule has 0 aliphatic rings. The van der Waals surface area contributed by atoms with Crippen LogP contribution in [0.25, 0.3) is 0 Å². The summed E-state index contributed by atoms with van der Waals surface area (Å²) in [7, 11) is 0. The summed E-state index contributed by atoms with van der Waals surface area (Å²) in [6, 6.07) is 8.23. The number of nitrogens with zero attached hydrogens (tertiary/aromatic N) is 1. The van der Waals surface area contributed by atoms with Gasteiger partial charge in [-0.1, -0.05) is 28.1 Å². The average molecular weight is 375 g/mol. The van der Waals surface area contributed by atoms with E-state index in [0.29, 0.717) is 12.5 Å². The van der Waals surface area contributed by atoms with Gasteiger partial charge < -0.3 is 4.74 Å². The van der Waals surface area contributed by atoms with Crippen molar-refractivity contribution in [3.63, 3.8) is 0 Å². The largest absolute Gasteiger partial charge is 0.377 e. The van der Waals surface area contributed by atoms with E-state index < -0.39 is 0 Å². The van der Waals surface area contributed by atoms with E-state index in [2.05, 4.69) is 33.0 Å². The van der Waals surface area contributed by atoms with E-state index in [-0.39, 0.29) is 0 Å². The van der Waals surface area contributed by atoms with E-state index in [4.69, 9.17) is 16.3 Å². The minimum absolute atomic E-state index is 0.507. The molecule has 2 rings (SSSR count). The topological polar surface area (TPSA) is 22.1 Å². The fourth-order valence-electron chi connectivity index (χ4n) is 1.78. The molecule has 5 heteroatoms. The van der Waals surface area contributed by atoms with Crippen LogP contribution in [-0.2, 0) is 23.6 Å². The number of halogens is 2. The second kappa shape index (κ2) is 8.78. The first kappa shape index (κ1) is 16.0. The molecule has 0 aliphatic heterocycles. The molecular formula is C15H17BrClNOS. The molecule has 0 radical (unpaired) electrons. The minimum Gasteiger partial charge on any atom is -0.377 e. The van der Waals surface area contributed by atoms with Crippen molar-refractivity contribution in [1.82, 2.24) is 4.98 Å². The van der Waals surface area contributed by atoms with Crippen LogP contribution in [0.4, 0.5) is 0 Å². The summed E-state index contributed by atoms with van der Waals surface area (Å²) in [5.41, 5.74) is 2.19. The lowest BCUT2D eigenvalue weighted by atomic mass is 10.2. The molecule has 1 aromatic carbocycles. The van der Waals surface area contributed by atoms with Gasteiger partial charge in [-0.2, -0.15) is 0 Å². The van der Waals surface area contributed by atoms with Crippen molar-refractivity contribution in [2.75, 3.05) is 6.61 Å². The number of hydrogen-bond acceptors (Lipinski definition) is 3. The Morgan fingerprint density at radius 2 is 2.00 bits per heavy atom. The predicted octanol–water partition coefficient (Wildman–Crippen LogP) is 5.18. The van der Waals surface area contributed by atoms with Crippen LogP contribution in [0.3, 0.4) is 0 Å². The van der Waals surface area contributed by atoms with E-state index in [1.807, 2.05) is 17.5 Å². The fraction of sp³-hybridized carbons (Fsp3) is 0.400. The Hall–Kier alpha value is -0.420. The van der Waals surface area contributed by atoms with E-state index in [9.17, 15) is 0 Å². The zero-order chi connectivity index (χ0) is 14.2. The Bertz CT molecular complexity index is 515. The molecule has 0 amide bonds. The fourth-order valence-corrected chi connectivity index (χ4v) is 3.11. The molecule has 0 spiro atoms. The monoisotopic (exact) mass is 373 g/mol. The summed E-state index contributed by atoms with van der Waals surface area (Å²) in [4.78, 5) is 4.44. The van der Waals surface area contributed by atoms with Crippen LogP contribution in [0.15, 0.2) is 34.1 Å². The molecular weight excluding hydrogens is 358 g/mol. The molecule has 108 valence electrons. The second-order valence-electron chi connectivity index (χ2n) is 4.50. The SMILES string of the molecule is ClCc1csc(CCCCOCc2ccc(Br)cc2)n1. The number of aryl methyl sites for hydroxylation is 1. The first-order valence-electron chi connectivity index (χ1n) is 6.59. The van der Waals surface area contributed by atoms with E-state index in [1.54, 1.807) is 11.3 Å². The van der Waals surface area contributed by atoms with Crippen LogP contribution in [-0.4, -0.2) is 11.6 Å². The molecule has 1 heterocycles. The second-order valence-corrected chi connectivity index (χ2v) is 6.63. The predicted molar refractivity (Wildman–Crippen MR) is 88.4 cm³/mol. The van der Waals surface area contributed by atoms with Gasteiger partial charge in [-0.25, -0.2) is 4.98 Å². The van der Waals surface area contributed by atoms with Crippen molar-refractivity contribution >= 4 is 38.9 Å². The maximum Gasteiger partial charge on any atom is 0.0928 e. The van der Waals surface area contributed by atoms with Crippen LogP contribution in [0.5, 0.6) is 0 Å². The highest BCUT2D eigenvalue weighted by Gasteiger charge is 2.01. The summed E-state index contributed by atoms with van der Waals surface area (Å²) >= 11 is 10.9. The summed E-state index contributed by atoms with van der Waals surface area (Å²) < 4.78 is 6.77. The maximum atomic E-state index is 5.73. The van der Waals surface area contributed by atoms with Gasteiger partial charge in [0.25, 0.3) is 0 Å². The Morgan fingerprint density at radius 1 is 1.20 bits per heavy atom. The molecule has 0 bridgehead atoms. The number of ether oxygens (including phenoxy) is 1. The number of unbranched alkanes of at least 4 members (excludes halogenated alkanes) is 1. The molecule has 0 saturated carbocycles. The van der Waals surface area contributed by atoms with Gasteiger partial charge in [-0.05, 0) is 37.0 Å². The van der Waals surface area contributed by atoms with Gasteiger partial charge in [0.2, 0.25) is 0 Å². The van der Waals surface area contributed by atoms with Crippen molar-refractivity contribution in [3.8, 4) is 0 Å². The van der Waals surface area contributed by atoms with Crippen molar-refractivity contribution in [1.29, 1.82) is 0 Å². The Labute approximate surface area is 137 Å². The molecule has 2 nitrogen and oxygen atoms in total. The number of thiazole rings is 1. The highest BCUT2D eigenvalue weighted by molar-refractivity contribution is 9.10. The summed E-state index contributed by atoms with van der Waals surface area (Å²) in [5.74, 6) is 0.507. The molecule has 2 aromatic rings. The minimum atomic E-state index is 0.507. The molecule has 0 unspecified atom stereocenters. The lowest BCUT2D eigenvalue weighted by Gasteiger charge is -2.04. The van der Waals surface area contributed by atoms with Gasteiger partial charge in [-0.15, -0.1) is 22.9 Å². The first-order valence-corrected chi connectivity index (χ1v) is 8.80. The van der Waals surface area contributed by atoms with Gasteiger partial charge in [0.1, 0.15) is 0 Å². The molecule has 0 aliphatic carbocycles. The number of hydrogen-bond donors (Lipinski definition) is 0. The summed E-state index contributed by atoms with van der Waals surface area (Å²) in [6.07, 6.45) is 3.19. The van der Waals surface area contributed by atoms with Crippen LogP contribution in [0.2, 0.25) is 0 Å². The normalized spacial score (nSPS) is 10.9. The van der Waals surface area contributed by atoms with Crippen molar-refractivity contribution in [2.24, 2.45) is 0 Å². The number of alkyl halides is 1. The van der Waals surface area contributed by atoms with E-state index >= 15 is 0 Å². The van der Waals surface area contributed by atoms with Gasteiger partial charge in [0.15, 0.2) is 0 Å². The molecule has 1 aromatic heterocycles. The van der Waals surface area contributed by atoms with Gasteiger partial charge >= 0.3 is 0 Å². The third kappa shape index (κ3) is 5.52. The van der Waals surface area contributed by atoms with Crippen LogP contribution in [0.1, 0.15) is 29.1 Å². The molecule has 0 N–H and O–H groups in total. The third-order valence-corrected chi connectivity index (χ3v) is 4.61. The Kier molecular flexibility index (Phi) is 7.00. The zero-order valence-corrected chi connectivity index (χ0v) is 14.3. The smallest absolute Gasteiger partial charge is 0.0928 e.